The van der Waals surface area contributed by atoms with E-state index in [1.165, 1.54) is 7.16 Å². The van der Waals surface area contributed by atoms with Crippen molar-refractivity contribution in [3.05, 3.63) is 34.4 Å². The summed E-state index contributed by atoms with van der Waals surface area (Å²) in [4.78, 5) is 64.4. The van der Waals surface area contributed by atoms with Crippen LogP contribution in [0.3, 0.4) is 0 Å². The molecule has 0 fully saturated rings. The van der Waals surface area contributed by atoms with Gasteiger partial charge in [0.25, 0.3) is 0 Å². The van der Waals surface area contributed by atoms with Gasteiger partial charge < -0.3 is 0 Å². The predicted molar refractivity (Wildman–Crippen MR) is 252 cm³/mol. The molecule has 2 aliphatic rings. The van der Waals surface area contributed by atoms with Crippen LogP contribution in [0, 0.1) is 0 Å². The Hall–Kier alpha value is -1.42. The molecule has 0 spiro atoms. The average molecular weight is 1010 g/mol. The molecule has 58 heavy (non-hydrogen) atoms. The minimum atomic E-state index is -3.46. The second-order valence-corrected chi connectivity index (χ2v) is 44.5. The monoisotopic (exact) mass is 1010 g/mol. The molecule has 2 aromatic rings. The molecule has 0 saturated carbocycles. The zero-order chi connectivity index (χ0) is 42.3. The Morgan fingerprint density at radius 1 is 0.362 bits per heavy atom. The van der Waals surface area contributed by atoms with Gasteiger partial charge in [0, 0.05) is 0 Å². The maximum absolute atomic E-state index is 15.4. The number of unbranched alkanes of at least 4 members (excludes halogenated alkanes) is 12. The van der Waals surface area contributed by atoms with E-state index in [9.17, 15) is 0 Å². The van der Waals surface area contributed by atoms with Crippen LogP contribution in [-0.4, -0.2) is 83.3 Å². The first-order valence-corrected chi connectivity index (χ1v) is 39.5. The van der Waals surface area contributed by atoms with E-state index in [0.29, 0.717) is 35.0 Å². The fourth-order valence-electron chi connectivity index (χ4n) is 10.4. The SMILES string of the molecule is CCCCCCN1C(=O)c2c[c]([Sn]([CH2]CCC)([CH2]CCC)[CH2]CCC)c3c4c(c[c]([Sn]([CH2]CCC)([CH2]CCC)[CH2]CCC)c(c24)C1=O)C(=O)N(CCCCCC)C3=O. The maximum atomic E-state index is 15.4. The van der Waals surface area contributed by atoms with Gasteiger partial charge in [-0.3, -0.25) is 0 Å². The molecule has 0 aliphatic carbocycles. The number of nitrogens with zero attached hydrogens (tertiary/aromatic N) is 2. The number of amides is 4. The van der Waals surface area contributed by atoms with Crippen LogP contribution in [0.4, 0.5) is 0 Å². The summed E-state index contributed by atoms with van der Waals surface area (Å²) in [6, 6.07) is 4.45. The number of hydrogen-bond donors (Lipinski definition) is 0. The van der Waals surface area contributed by atoms with Crippen molar-refractivity contribution in [1.82, 2.24) is 9.80 Å². The van der Waals surface area contributed by atoms with Gasteiger partial charge in [-0.1, -0.05) is 0 Å². The van der Waals surface area contributed by atoms with Crippen molar-refractivity contribution in [3.8, 4) is 0 Å². The molecule has 8 heteroatoms. The Morgan fingerprint density at radius 3 is 0.897 bits per heavy atom. The number of benzene rings is 2. The second kappa shape index (κ2) is 24.3. The molecule has 0 radical (unpaired) electrons. The van der Waals surface area contributed by atoms with E-state index in [1.807, 2.05) is 0 Å². The van der Waals surface area contributed by atoms with Crippen LogP contribution in [-0.2, 0) is 0 Å². The average Bonchev–Trinajstić information content (AvgIpc) is 3.23. The van der Waals surface area contributed by atoms with Crippen molar-refractivity contribution in [2.75, 3.05) is 13.1 Å². The van der Waals surface area contributed by atoms with Crippen LogP contribution >= 0.6 is 0 Å². The number of carbonyl (C=O) groups is 4. The molecule has 0 N–H and O–H groups in total. The van der Waals surface area contributed by atoms with Crippen LogP contribution in [0.15, 0.2) is 12.1 Å². The van der Waals surface area contributed by atoms with Gasteiger partial charge in [-0.2, -0.15) is 0 Å². The summed E-state index contributed by atoms with van der Waals surface area (Å²) >= 11 is -6.93. The quantitative estimate of drug-likeness (QED) is 0.0444. The van der Waals surface area contributed by atoms with E-state index in [2.05, 4.69) is 67.5 Å². The molecule has 324 valence electrons. The summed E-state index contributed by atoms with van der Waals surface area (Å²) in [6.07, 6.45) is 21.3. The number of imide groups is 2. The minimum absolute atomic E-state index is 0.153. The first-order chi connectivity index (χ1) is 28.1. The Labute approximate surface area is 362 Å². The molecule has 0 bridgehead atoms. The van der Waals surface area contributed by atoms with E-state index in [0.717, 1.165) is 166 Å². The molecule has 0 unspecified atom stereocenters. The molecule has 4 amide bonds. The third-order valence-corrected chi connectivity index (χ3v) is 45.2. The fraction of sp³-hybridized carbons (Fsp3) is 0.720. The fourth-order valence-corrected chi connectivity index (χ4v) is 43.9. The van der Waals surface area contributed by atoms with Crippen LogP contribution in [0.5, 0.6) is 0 Å². The molecule has 0 atom stereocenters. The molecule has 2 aliphatic heterocycles. The summed E-state index contributed by atoms with van der Waals surface area (Å²) in [5.41, 5.74) is 2.71. The van der Waals surface area contributed by atoms with Crippen LogP contribution in [0.2, 0.25) is 26.6 Å². The van der Waals surface area contributed by atoms with Crippen molar-refractivity contribution < 1.29 is 19.2 Å². The Morgan fingerprint density at radius 2 is 0.638 bits per heavy atom. The topological polar surface area (TPSA) is 74.8 Å². The van der Waals surface area contributed by atoms with Crippen molar-refractivity contribution >= 4 is 78.3 Å². The Balaban J connectivity index is 2.25. The zero-order valence-electron chi connectivity index (χ0n) is 38.5. The third-order valence-electron chi connectivity index (χ3n) is 13.9. The molecule has 0 saturated heterocycles. The first-order valence-electron chi connectivity index (χ1n) is 24.5. The standard InChI is InChI=1S/C26H28N2O4.6C4H9.2Sn/c1-3-5-7-9-15-27-23(29)17-11-13-19-22-20(14-12-18(21(17)22)24(27)30)26(32)28(25(19)31)16-10-8-6-4-2;6*1-3-4-2;;/h11,14H,3-10,15-16H2,1-2H3;6*1,3-4H2,2H3;;. The Bertz CT molecular complexity index is 1540. The third kappa shape index (κ3) is 10.8. The van der Waals surface area contributed by atoms with Gasteiger partial charge in [0.1, 0.15) is 0 Å². The van der Waals surface area contributed by atoms with Gasteiger partial charge in [-0.25, -0.2) is 0 Å². The molecule has 0 aromatic heterocycles. The van der Waals surface area contributed by atoms with Gasteiger partial charge in [-0.15, -0.1) is 0 Å². The molecule has 6 nitrogen and oxygen atoms in total. The summed E-state index contributed by atoms with van der Waals surface area (Å²) in [5, 5.41) is 1.37. The van der Waals surface area contributed by atoms with E-state index < -0.39 is 36.8 Å². The van der Waals surface area contributed by atoms with Gasteiger partial charge in [0.05, 0.1) is 0 Å². The molecular weight excluding hydrogens is 930 g/mol. The summed E-state index contributed by atoms with van der Waals surface area (Å²) in [7, 11) is 0. The van der Waals surface area contributed by atoms with Crippen LogP contribution < -0.4 is 7.16 Å². The summed E-state index contributed by atoms with van der Waals surface area (Å²) in [6.45, 7) is 18.9. The van der Waals surface area contributed by atoms with Gasteiger partial charge in [0.15, 0.2) is 0 Å². The molecule has 2 aromatic carbocycles. The number of carbonyl (C=O) groups excluding carboxylic acids is 4. The van der Waals surface area contributed by atoms with Crippen molar-refractivity contribution in [2.45, 2.75) is 210 Å². The van der Waals surface area contributed by atoms with Gasteiger partial charge >= 0.3 is 365 Å². The summed E-state index contributed by atoms with van der Waals surface area (Å²) in [5.74, 6) is -0.686. The van der Waals surface area contributed by atoms with Crippen LogP contribution in [0.1, 0.15) is 225 Å². The van der Waals surface area contributed by atoms with E-state index in [1.54, 1.807) is 9.80 Å². The number of hydrogen-bond acceptors (Lipinski definition) is 4. The van der Waals surface area contributed by atoms with Crippen LogP contribution in [0.25, 0.3) is 10.8 Å². The molecule has 2 heterocycles. The van der Waals surface area contributed by atoms with Gasteiger partial charge in [-0.05, 0) is 0 Å². The van der Waals surface area contributed by atoms with Crippen molar-refractivity contribution in [3.63, 3.8) is 0 Å². The summed E-state index contributed by atoms with van der Waals surface area (Å²) < 4.78 is 9.29. The first kappa shape index (κ1) is 49.2. The van der Waals surface area contributed by atoms with E-state index in [4.69, 9.17) is 0 Å². The predicted octanol–water partition coefficient (Wildman–Crippen LogP) is 13.3. The van der Waals surface area contributed by atoms with Gasteiger partial charge in [0.2, 0.25) is 0 Å². The second-order valence-electron chi connectivity index (χ2n) is 18.3. The zero-order valence-corrected chi connectivity index (χ0v) is 44.2. The normalized spacial score (nSPS) is 14.5. The van der Waals surface area contributed by atoms with Crippen molar-refractivity contribution in [1.29, 1.82) is 0 Å². The van der Waals surface area contributed by atoms with Crippen molar-refractivity contribution in [2.24, 2.45) is 0 Å². The Kier molecular flexibility index (Phi) is 20.6. The van der Waals surface area contributed by atoms with E-state index >= 15 is 19.2 Å². The number of rotatable bonds is 30. The molecule has 4 rings (SSSR count). The molecular formula is C50H82N2O4Sn2. The van der Waals surface area contributed by atoms with E-state index in [-0.39, 0.29) is 23.6 Å².